The van der Waals surface area contributed by atoms with Gasteiger partial charge in [-0.15, -0.1) is 0 Å². The number of hydrogen-bond acceptors (Lipinski definition) is 3. The topological polar surface area (TPSA) is 57.5 Å². The van der Waals surface area contributed by atoms with E-state index in [2.05, 4.69) is 6.92 Å². The summed E-state index contributed by atoms with van der Waals surface area (Å²) in [4.78, 5) is 11.2. The number of rotatable bonds is 4. The molecule has 0 heterocycles. The van der Waals surface area contributed by atoms with Gasteiger partial charge in [0.05, 0.1) is 6.10 Å². The van der Waals surface area contributed by atoms with Crippen LogP contribution in [0.4, 0.5) is 0 Å². The number of carbonyl (C=O) groups excluding carboxylic acids is 1. The summed E-state index contributed by atoms with van der Waals surface area (Å²) in [6.07, 6.45) is 5.10. The van der Waals surface area contributed by atoms with Gasteiger partial charge in [-0.2, -0.15) is 0 Å². The van der Waals surface area contributed by atoms with E-state index in [0.717, 1.165) is 12.8 Å². The third-order valence-electron chi connectivity index (χ3n) is 3.58. The molecule has 1 rings (SSSR count). The van der Waals surface area contributed by atoms with Crippen LogP contribution in [0.25, 0.3) is 0 Å². The Morgan fingerprint density at radius 3 is 2.69 bits per heavy atom. The molecule has 0 amide bonds. The van der Waals surface area contributed by atoms with Crippen LogP contribution in [0.2, 0.25) is 0 Å². The number of aliphatic hydroxyl groups is 2. The molecule has 0 aromatic heterocycles. The molecule has 0 radical (unpaired) electrons. The Balaban J connectivity index is 2.95. The van der Waals surface area contributed by atoms with E-state index in [1.807, 2.05) is 12.2 Å². The van der Waals surface area contributed by atoms with Crippen molar-refractivity contribution in [2.75, 3.05) is 0 Å². The highest BCUT2D eigenvalue weighted by molar-refractivity contribution is 5.76. The highest BCUT2D eigenvalue weighted by atomic mass is 16.3. The first-order chi connectivity index (χ1) is 7.38. The molecule has 0 saturated carbocycles. The van der Waals surface area contributed by atoms with Gasteiger partial charge in [0.25, 0.3) is 0 Å². The molecule has 0 saturated heterocycles. The van der Waals surface area contributed by atoms with Crippen molar-refractivity contribution in [3.8, 4) is 0 Å². The molecule has 0 fully saturated rings. The molecule has 1 aliphatic rings. The summed E-state index contributed by atoms with van der Waals surface area (Å²) in [6.45, 7) is 5.06. The fourth-order valence-electron chi connectivity index (χ4n) is 2.57. The van der Waals surface area contributed by atoms with Crippen molar-refractivity contribution in [2.24, 2.45) is 11.8 Å². The quantitative estimate of drug-likeness (QED) is 0.717. The van der Waals surface area contributed by atoms with Crippen LogP contribution in [0, 0.1) is 11.8 Å². The average Bonchev–Trinajstić information content (AvgIpc) is 2.16. The third-order valence-corrected chi connectivity index (χ3v) is 3.58. The molecule has 16 heavy (non-hydrogen) atoms. The zero-order valence-electron chi connectivity index (χ0n) is 10.3. The fraction of sp³-hybridized carbons (Fsp3) is 0.769. The first-order valence-corrected chi connectivity index (χ1v) is 5.94. The van der Waals surface area contributed by atoms with Crippen LogP contribution >= 0.6 is 0 Å². The molecule has 0 aromatic carbocycles. The minimum atomic E-state index is -1.32. The molecular formula is C13H22O3. The Bertz CT molecular complexity index is 283. The van der Waals surface area contributed by atoms with Crippen LogP contribution in [0.15, 0.2) is 12.2 Å². The zero-order valence-corrected chi connectivity index (χ0v) is 10.3. The van der Waals surface area contributed by atoms with E-state index in [1.165, 1.54) is 6.92 Å². The Kier molecular flexibility index (Phi) is 4.28. The lowest BCUT2D eigenvalue weighted by molar-refractivity contribution is -0.139. The molecule has 3 nitrogen and oxygen atoms in total. The third kappa shape index (κ3) is 2.71. The highest BCUT2D eigenvalue weighted by Crippen LogP contribution is 2.37. The number of Topliss-reactive ketones (excluding diaryl/α,β-unsaturated/α-hetero) is 1. The first kappa shape index (κ1) is 13.4. The van der Waals surface area contributed by atoms with Crippen LogP contribution in [-0.4, -0.2) is 27.7 Å². The van der Waals surface area contributed by atoms with Gasteiger partial charge in [0.15, 0.2) is 0 Å². The van der Waals surface area contributed by atoms with Crippen LogP contribution in [-0.2, 0) is 4.79 Å². The Morgan fingerprint density at radius 1 is 1.62 bits per heavy atom. The monoisotopic (exact) mass is 226 g/mol. The number of aliphatic hydroxyl groups excluding tert-OH is 1. The molecule has 0 bridgehead atoms. The van der Waals surface area contributed by atoms with Crippen molar-refractivity contribution < 1.29 is 15.0 Å². The highest BCUT2D eigenvalue weighted by Gasteiger charge is 2.43. The second-order valence-electron chi connectivity index (χ2n) is 5.05. The Morgan fingerprint density at radius 2 is 2.25 bits per heavy atom. The standard InChI is InChI=1S/C13H22O3/c1-9-6-4-5-7-12(9)13(16,11(3)15)8-10(2)14/h5,7,9,11-12,15-16H,4,6,8H2,1-3H3. The van der Waals surface area contributed by atoms with Crippen molar-refractivity contribution in [3.05, 3.63) is 12.2 Å². The van der Waals surface area contributed by atoms with Crippen LogP contribution in [0.5, 0.6) is 0 Å². The lowest BCUT2D eigenvalue weighted by Crippen LogP contribution is -2.50. The molecule has 0 spiro atoms. The van der Waals surface area contributed by atoms with E-state index in [0.29, 0.717) is 5.92 Å². The van der Waals surface area contributed by atoms with Crippen LogP contribution < -0.4 is 0 Å². The van der Waals surface area contributed by atoms with Crippen molar-refractivity contribution >= 4 is 5.78 Å². The van der Waals surface area contributed by atoms with E-state index in [9.17, 15) is 15.0 Å². The lowest BCUT2D eigenvalue weighted by Gasteiger charge is -2.41. The molecule has 92 valence electrons. The first-order valence-electron chi connectivity index (χ1n) is 5.94. The van der Waals surface area contributed by atoms with E-state index in [1.54, 1.807) is 6.92 Å². The van der Waals surface area contributed by atoms with Crippen molar-refractivity contribution in [2.45, 2.75) is 51.7 Å². The SMILES string of the molecule is CC(=O)CC(O)(C(C)O)C1C=CCCC1C. The zero-order chi connectivity index (χ0) is 12.3. The van der Waals surface area contributed by atoms with Crippen molar-refractivity contribution in [1.29, 1.82) is 0 Å². The Labute approximate surface area is 97.2 Å². The molecule has 4 unspecified atom stereocenters. The van der Waals surface area contributed by atoms with Gasteiger partial charge in [-0.1, -0.05) is 19.1 Å². The van der Waals surface area contributed by atoms with Gasteiger partial charge < -0.3 is 10.2 Å². The van der Waals surface area contributed by atoms with Gasteiger partial charge in [0.1, 0.15) is 11.4 Å². The van der Waals surface area contributed by atoms with E-state index in [-0.39, 0.29) is 18.1 Å². The molecule has 1 aliphatic carbocycles. The summed E-state index contributed by atoms with van der Waals surface area (Å²) < 4.78 is 0. The maximum atomic E-state index is 11.2. The minimum absolute atomic E-state index is 0.0179. The summed E-state index contributed by atoms with van der Waals surface area (Å²) in [5, 5.41) is 20.3. The van der Waals surface area contributed by atoms with Gasteiger partial charge in [-0.05, 0) is 32.6 Å². The summed E-state index contributed by atoms with van der Waals surface area (Å²) in [5.41, 5.74) is -1.32. The maximum Gasteiger partial charge on any atom is 0.132 e. The molecule has 4 atom stereocenters. The van der Waals surface area contributed by atoms with Crippen LogP contribution in [0.1, 0.15) is 40.0 Å². The fourth-order valence-corrected chi connectivity index (χ4v) is 2.57. The van der Waals surface area contributed by atoms with E-state index >= 15 is 0 Å². The summed E-state index contributed by atoms with van der Waals surface area (Å²) in [6, 6.07) is 0. The number of ketones is 1. The van der Waals surface area contributed by atoms with Crippen LogP contribution in [0.3, 0.4) is 0 Å². The Hall–Kier alpha value is -0.670. The maximum absolute atomic E-state index is 11.2. The molecule has 0 aliphatic heterocycles. The molecule has 0 aromatic rings. The smallest absolute Gasteiger partial charge is 0.132 e. The number of allylic oxidation sites excluding steroid dienone is 1. The normalized spacial score (nSPS) is 30.8. The van der Waals surface area contributed by atoms with Crippen molar-refractivity contribution in [1.82, 2.24) is 0 Å². The largest absolute Gasteiger partial charge is 0.390 e. The predicted octanol–water partition coefficient (Wildman–Crippen LogP) is 1.68. The van der Waals surface area contributed by atoms with Gasteiger partial charge in [-0.3, -0.25) is 4.79 Å². The lowest BCUT2D eigenvalue weighted by atomic mass is 9.70. The van der Waals surface area contributed by atoms with Gasteiger partial charge in [0, 0.05) is 12.3 Å². The number of carbonyl (C=O) groups is 1. The average molecular weight is 226 g/mol. The summed E-state index contributed by atoms with van der Waals surface area (Å²) in [5.74, 6) is 0.0728. The van der Waals surface area contributed by atoms with Crippen molar-refractivity contribution in [3.63, 3.8) is 0 Å². The van der Waals surface area contributed by atoms with Gasteiger partial charge in [0.2, 0.25) is 0 Å². The second-order valence-corrected chi connectivity index (χ2v) is 5.05. The molecule has 3 heteroatoms. The second kappa shape index (κ2) is 5.11. The van der Waals surface area contributed by atoms with E-state index < -0.39 is 11.7 Å². The minimum Gasteiger partial charge on any atom is -0.390 e. The molecular weight excluding hydrogens is 204 g/mol. The van der Waals surface area contributed by atoms with Gasteiger partial charge in [-0.25, -0.2) is 0 Å². The number of hydrogen-bond donors (Lipinski definition) is 2. The summed E-state index contributed by atoms with van der Waals surface area (Å²) >= 11 is 0. The summed E-state index contributed by atoms with van der Waals surface area (Å²) in [7, 11) is 0. The predicted molar refractivity (Wildman–Crippen MR) is 63.0 cm³/mol. The molecule has 2 N–H and O–H groups in total. The van der Waals surface area contributed by atoms with E-state index in [4.69, 9.17) is 0 Å². The van der Waals surface area contributed by atoms with Gasteiger partial charge >= 0.3 is 0 Å².